The number of halogens is 1. The van der Waals surface area contributed by atoms with Crippen LogP contribution in [0.15, 0.2) is 53.0 Å². The topological polar surface area (TPSA) is 49.3 Å². The number of rotatable bonds is 2. The summed E-state index contributed by atoms with van der Waals surface area (Å²) in [6.45, 7) is 0. The predicted molar refractivity (Wildman–Crippen MR) is 70.2 cm³/mol. The number of benzene rings is 2. The Morgan fingerprint density at radius 2 is 1.82 bits per heavy atom. The van der Waals surface area contributed by atoms with E-state index in [1.54, 1.807) is 24.3 Å². The highest BCUT2D eigenvalue weighted by Gasteiger charge is 2.11. The maximum absolute atomic E-state index is 11.9. The Hall–Kier alpha value is -1.81. The van der Waals surface area contributed by atoms with E-state index in [0.29, 0.717) is 5.69 Å². The number of phenolic OH excluding ortho intramolecular Hbond substituents is 1. The number of hydrogen-bond donors (Lipinski definition) is 2. The first-order valence-corrected chi connectivity index (χ1v) is 5.81. The van der Waals surface area contributed by atoms with Crippen LogP contribution < -0.4 is 5.32 Å². The Labute approximate surface area is 107 Å². The molecular weight excluding hydrogens is 282 g/mol. The van der Waals surface area contributed by atoms with Crippen LogP contribution in [0.2, 0.25) is 0 Å². The molecule has 1 amide bonds. The van der Waals surface area contributed by atoms with Gasteiger partial charge in [0.25, 0.3) is 5.91 Å². The summed E-state index contributed by atoms with van der Waals surface area (Å²) in [4.78, 5) is 11.9. The highest BCUT2D eigenvalue weighted by Crippen LogP contribution is 2.23. The van der Waals surface area contributed by atoms with Crippen molar-refractivity contribution in [1.29, 1.82) is 0 Å². The molecule has 86 valence electrons. The number of nitrogens with one attached hydrogen (secondary N) is 1. The zero-order chi connectivity index (χ0) is 12.3. The van der Waals surface area contributed by atoms with Gasteiger partial charge in [-0.05, 0) is 30.3 Å². The fourth-order valence-electron chi connectivity index (χ4n) is 1.42. The van der Waals surface area contributed by atoms with Crippen molar-refractivity contribution >= 4 is 27.5 Å². The normalized spacial score (nSPS) is 9.94. The summed E-state index contributed by atoms with van der Waals surface area (Å²) in [5.74, 6) is -0.381. The number of carbonyl (C=O) groups excluding carboxylic acids is 1. The molecule has 0 fully saturated rings. The van der Waals surface area contributed by atoms with Gasteiger partial charge in [-0.3, -0.25) is 4.79 Å². The average Bonchev–Trinajstić information content (AvgIpc) is 2.30. The van der Waals surface area contributed by atoms with Gasteiger partial charge in [0, 0.05) is 10.2 Å². The van der Waals surface area contributed by atoms with E-state index in [0.717, 1.165) is 4.47 Å². The first-order valence-electron chi connectivity index (χ1n) is 5.02. The number of carbonyl (C=O) groups is 1. The third-order valence-electron chi connectivity index (χ3n) is 2.24. The van der Waals surface area contributed by atoms with E-state index in [2.05, 4.69) is 21.2 Å². The first kappa shape index (κ1) is 11.7. The van der Waals surface area contributed by atoms with Gasteiger partial charge in [-0.1, -0.05) is 34.1 Å². The molecule has 0 aliphatic carbocycles. The molecule has 17 heavy (non-hydrogen) atoms. The fourth-order valence-corrected chi connectivity index (χ4v) is 1.77. The maximum Gasteiger partial charge on any atom is 0.259 e. The largest absolute Gasteiger partial charge is 0.507 e. The molecule has 0 radical (unpaired) electrons. The van der Waals surface area contributed by atoms with Crippen LogP contribution >= 0.6 is 15.9 Å². The Morgan fingerprint density at radius 1 is 1.12 bits per heavy atom. The van der Waals surface area contributed by atoms with E-state index in [9.17, 15) is 9.90 Å². The molecule has 0 unspecified atom stereocenters. The van der Waals surface area contributed by atoms with Gasteiger partial charge < -0.3 is 10.4 Å². The van der Waals surface area contributed by atoms with E-state index in [-0.39, 0.29) is 17.2 Å². The SMILES string of the molecule is O=C(Nc1ccccc1)c1ccc(Br)cc1O. The minimum Gasteiger partial charge on any atom is -0.507 e. The Bertz CT molecular complexity index is 540. The Balaban J connectivity index is 2.21. The van der Waals surface area contributed by atoms with Gasteiger partial charge >= 0.3 is 0 Å². The van der Waals surface area contributed by atoms with Crippen LogP contribution in [0.3, 0.4) is 0 Å². The first-order chi connectivity index (χ1) is 8.16. The van der Waals surface area contributed by atoms with E-state index in [1.165, 1.54) is 6.07 Å². The average molecular weight is 292 g/mol. The lowest BCUT2D eigenvalue weighted by atomic mass is 10.2. The number of aromatic hydroxyl groups is 1. The minimum absolute atomic E-state index is 0.0483. The summed E-state index contributed by atoms with van der Waals surface area (Å²) in [7, 11) is 0. The molecule has 2 N–H and O–H groups in total. The van der Waals surface area contributed by atoms with Crippen molar-refractivity contribution < 1.29 is 9.90 Å². The van der Waals surface area contributed by atoms with Crippen LogP contribution in [0.5, 0.6) is 5.75 Å². The van der Waals surface area contributed by atoms with Crippen molar-refractivity contribution in [2.24, 2.45) is 0 Å². The zero-order valence-corrected chi connectivity index (χ0v) is 10.4. The van der Waals surface area contributed by atoms with Crippen molar-refractivity contribution in [2.75, 3.05) is 5.32 Å². The smallest absolute Gasteiger partial charge is 0.259 e. The van der Waals surface area contributed by atoms with Gasteiger partial charge in [0.15, 0.2) is 0 Å². The van der Waals surface area contributed by atoms with E-state index in [4.69, 9.17) is 0 Å². The highest BCUT2D eigenvalue weighted by molar-refractivity contribution is 9.10. The second-order valence-electron chi connectivity index (χ2n) is 3.48. The van der Waals surface area contributed by atoms with Crippen molar-refractivity contribution in [3.05, 3.63) is 58.6 Å². The quantitative estimate of drug-likeness (QED) is 0.891. The lowest BCUT2D eigenvalue weighted by molar-refractivity contribution is 0.102. The molecule has 0 aliphatic rings. The van der Waals surface area contributed by atoms with Crippen molar-refractivity contribution in [2.45, 2.75) is 0 Å². The third-order valence-corrected chi connectivity index (χ3v) is 2.73. The maximum atomic E-state index is 11.9. The molecule has 2 rings (SSSR count). The van der Waals surface area contributed by atoms with Gasteiger partial charge in [0.1, 0.15) is 5.75 Å². The lowest BCUT2D eigenvalue weighted by Gasteiger charge is -2.06. The molecule has 4 heteroatoms. The van der Waals surface area contributed by atoms with Crippen molar-refractivity contribution in [3.63, 3.8) is 0 Å². The number of anilines is 1. The van der Waals surface area contributed by atoms with Gasteiger partial charge in [-0.2, -0.15) is 0 Å². The molecule has 0 aliphatic heterocycles. The molecule has 2 aromatic carbocycles. The van der Waals surface area contributed by atoms with Crippen LogP contribution in [0.4, 0.5) is 5.69 Å². The fraction of sp³-hybridized carbons (Fsp3) is 0. The third kappa shape index (κ3) is 2.85. The van der Waals surface area contributed by atoms with Crippen LogP contribution in [0, 0.1) is 0 Å². The lowest BCUT2D eigenvalue weighted by Crippen LogP contribution is -2.11. The number of phenols is 1. The molecule has 0 aromatic heterocycles. The number of para-hydroxylation sites is 1. The summed E-state index contributed by atoms with van der Waals surface area (Å²) in [5, 5.41) is 12.4. The van der Waals surface area contributed by atoms with E-state index >= 15 is 0 Å². The molecule has 0 spiro atoms. The van der Waals surface area contributed by atoms with Gasteiger partial charge in [-0.25, -0.2) is 0 Å². The molecule has 0 saturated heterocycles. The summed E-state index contributed by atoms with van der Waals surface area (Å²) in [6.07, 6.45) is 0. The highest BCUT2D eigenvalue weighted by atomic mass is 79.9. The van der Waals surface area contributed by atoms with Gasteiger partial charge in [0.2, 0.25) is 0 Å². The van der Waals surface area contributed by atoms with E-state index in [1.807, 2.05) is 18.2 Å². The molecule has 3 nitrogen and oxygen atoms in total. The minimum atomic E-state index is -0.332. The second kappa shape index (κ2) is 5.01. The van der Waals surface area contributed by atoms with E-state index < -0.39 is 0 Å². The summed E-state index contributed by atoms with van der Waals surface area (Å²) in [6, 6.07) is 13.9. The summed E-state index contributed by atoms with van der Waals surface area (Å²) < 4.78 is 0.728. The molecule has 0 heterocycles. The van der Waals surface area contributed by atoms with Gasteiger partial charge in [-0.15, -0.1) is 0 Å². The predicted octanol–water partition coefficient (Wildman–Crippen LogP) is 3.41. The summed E-state index contributed by atoms with van der Waals surface area (Å²) in [5.41, 5.74) is 0.942. The monoisotopic (exact) mass is 291 g/mol. The molecule has 2 aromatic rings. The van der Waals surface area contributed by atoms with Gasteiger partial charge in [0.05, 0.1) is 5.56 Å². The Morgan fingerprint density at radius 3 is 2.47 bits per heavy atom. The Kier molecular flexibility index (Phi) is 3.44. The van der Waals surface area contributed by atoms with Crippen LogP contribution in [0.1, 0.15) is 10.4 Å². The van der Waals surface area contributed by atoms with Crippen LogP contribution in [-0.4, -0.2) is 11.0 Å². The molecule has 0 saturated carbocycles. The standard InChI is InChI=1S/C13H10BrNO2/c14-9-6-7-11(12(16)8-9)13(17)15-10-4-2-1-3-5-10/h1-8,16H,(H,15,17). The second-order valence-corrected chi connectivity index (χ2v) is 4.40. The van der Waals surface area contributed by atoms with Crippen LogP contribution in [-0.2, 0) is 0 Å². The molecule has 0 atom stereocenters. The molecular formula is C13H10BrNO2. The van der Waals surface area contributed by atoms with Crippen LogP contribution in [0.25, 0.3) is 0 Å². The number of hydrogen-bond acceptors (Lipinski definition) is 2. The zero-order valence-electron chi connectivity index (χ0n) is 8.85. The summed E-state index contributed by atoms with van der Waals surface area (Å²) >= 11 is 3.22. The molecule has 0 bridgehead atoms. The van der Waals surface area contributed by atoms with Crippen molar-refractivity contribution in [3.8, 4) is 5.75 Å². The number of amides is 1. The van der Waals surface area contributed by atoms with Crippen molar-refractivity contribution in [1.82, 2.24) is 0 Å².